The molecule has 0 aromatic carbocycles. The van der Waals surface area contributed by atoms with Crippen LogP contribution in [-0.4, -0.2) is 34.5 Å². The Bertz CT molecular complexity index is 416. The molecule has 2 unspecified atom stereocenters. The van der Waals surface area contributed by atoms with E-state index in [1.807, 2.05) is 32.5 Å². The van der Waals surface area contributed by atoms with E-state index in [9.17, 15) is 4.79 Å². The zero-order chi connectivity index (χ0) is 15.5. The Kier molecular flexibility index (Phi) is 5.23. The largest absolute Gasteiger partial charge is 0.359 e. The zero-order valence-corrected chi connectivity index (χ0v) is 14.6. The summed E-state index contributed by atoms with van der Waals surface area (Å²) in [6, 6.07) is 0. The molecule has 0 bridgehead atoms. The van der Waals surface area contributed by atoms with Crippen LogP contribution in [-0.2, 0) is 4.79 Å². The SMILES string of the molecule is CC1CCCC2(CSC(=NCCC(=O)NC(C)(C)C)N2)C1. The van der Waals surface area contributed by atoms with E-state index < -0.39 is 0 Å². The van der Waals surface area contributed by atoms with Crippen LogP contribution in [0.25, 0.3) is 0 Å². The van der Waals surface area contributed by atoms with Gasteiger partial charge in [-0.05, 0) is 39.5 Å². The van der Waals surface area contributed by atoms with Gasteiger partial charge in [-0.25, -0.2) is 0 Å². The minimum atomic E-state index is -0.160. The molecule has 1 saturated carbocycles. The number of nitrogens with one attached hydrogen (secondary N) is 2. The van der Waals surface area contributed by atoms with Crippen LogP contribution in [0.5, 0.6) is 0 Å². The Balaban J connectivity index is 1.78. The van der Waals surface area contributed by atoms with Gasteiger partial charge in [0.05, 0.1) is 6.54 Å². The maximum Gasteiger partial charge on any atom is 0.222 e. The highest BCUT2D eigenvalue weighted by Gasteiger charge is 2.40. The molecular formula is C16H29N3OS. The molecule has 0 radical (unpaired) electrons. The summed E-state index contributed by atoms with van der Waals surface area (Å²) in [4.78, 5) is 16.3. The maximum atomic E-state index is 11.8. The average Bonchev–Trinajstić information content (AvgIpc) is 2.69. The molecule has 2 N–H and O–H groups in total. The molecule has 2 atom stereocenters. The van der Waals surface area contributed by atoms with E-state index in [4.69, 9.17) is 0 Å². The Morgan fingerprint density at radius 1 is 1.52 bits per heavy atom. The number of carbonyl (C=O) groups excluding carboxylic acids is 1. The summed E-state index contributed by atoms with van der Waals surface area (Å²) in [5.41, 5.74) is 0.113. The number of rotatable bonds is 3. The van der Waals surface area contributed by atoms with Gasteiger partial charge in [0.25, 0.3) is 0 Å². The quantitative estimate of drug-likeness (QED) is 0.842. The van der Waals surface area contributed by atoms with E-state index in [0.29, 0.717) is 13.0 Å². The molecule has 120 valence electrons. The van der Waals surface area contributed by atoms with E-state index in [1.165, 1.54) is 25.7 Å². The molecule has 1 spiro atoms. The molecule has 21 heavy (non-hydrogen) atoms. The summed E-state index contributed by atoms with van der Waals surface area (Å²) in [5.74, 6) is 2.02. The first-order valence-corrected chi connectivity index (χ1v) is 9.03. The second kappa shape index (κ2) is 6.59. The second-order valence-corrected chi connectivity index (χ2v) is 8.59. The molecule has 1 saturated heterocycles. The number of nitrogens with zero attached hydrogens (tertiary/aromatic N) is 1. The molecule has 1 heterocycles. The highest BCUT2D eigenvalue weighted by Crippen LogP contribution is 2.38. The summed E-state index contributed by atoms with van der Waals surface area (Å²) in [5, 5.41) is 7.65. The van der Waals surface area contributed by atoms with Crippen molar-refractivity contribution < 1.29 is 4.79 Å². The molecule has 2 aliphatic rings. The van der Waals surface area contributed by atoms with Crippen LogP contribution in [0.2, 0.25) is 0 Å². The number of hydrogen-bond donors (Lipinski definition) is 2. The van der Waals surface area contributed by atoms with Gasteiger partial charge in [0.2, 0.25) is 5.91 Å². The Hall–Kier alpha value is -0.710. The van der Waals surface area contributed by atoms with Crippen LogP contribution < -0.4 is 10.6 Å². The summed E-state index contributed by atoms with van der Waals surface area (Å²) in [6.45, 7) is 8.92. The molecular weight excluding hydrogens is 282 g/mol. The van der Waals surface area contributed by atoms with E-state index in [0.717, 1.165) is 16.8 Å². The van der Waals surface area contributed by atoms with Gasteiger partial charge >= 0.3 is 0 Å². The molecule has 1 aliphatic heterocycles. The third-order valence-corrected chi connectivity index (χ3v) is 5.26. The van der Waals surface area contributed by atoms with Gasteiger partial charge in [-0.3, -0.25) is 9.79 Å². The maximum absolute atomic E-state index is 11.8. The predicted molar refractivity (Wildman–Crippen MR) is 90.8 cm³/mol. The van der Waals surface area contributed by atoms with Gasteiger partial charge in [-0.15, -0.1) is 0 Å². The van der Waals surface area contributed by atoms with E-state index in [2.05, 4.69) is 22.5 Å². The number of aliphatic imine (C=N–C) groups is 1. The van der Waals surface area contributed by atoms with Crippen molar-refractivity contribution in [2.24, 2.45) is 10.9 Å². The van der Waals surface area contributed by atoms with Crippen molar-refractivity contribution in [3.05, 3.63) is 0 Å². The van der Waals surface area contributed by atoms with E-state index in [-0.39, 0.29) is 17.0 Å². The van der Waals surface area contributed by atoms with Crippen LogP contribution in [0.4, 0.5) is 0 Å². The van der Waals surface area contributed by atoms with Gasteiger partial charge in [-0.2, -0.15) is 0 Å². The summed E-state index contributed by atoms with van der Waals surface area (Å²) in [7, 11) is 0. The third-order valence-electron chi connectivity index (χ3n) is 4.06. The minimum absolute atomic E-state index is 0.0795. The normalized spacial score (nSPS) is 31.4. The number of hydrogen-bond acceptors (Lipinski definition) is 3. The summed E-state index contributed by atoms with van der Waals surface area (Å²) >= 11 is 1.82. The zero-order valence-electron chi connectivity index (χ0n) is 13.8. The predicted octanol–water partition coefficient (Wildman–Crippen LogP) is 2.93. The lowest BCUT2D eigenvalue weighted by molar-refractivity contribution is -0.122. The van der Waals surface area contributed by atoms with Crippen LogP contribution in [0.3, 0.4) is 0 Å². The molecule has 0 aromatic rings. The van der Waals surface area contributed by atoms with Crippen LogP contribution in [0.15, 0.2) is 4.99 Å². The van der Waals surface area contributed by atoms with Crippen molar-refractivity contribution >= 4 is 22.8 Å². The molecule has 4 nitrogen and oxygen atoms in total. The lowest BCUT2D eigenvalue weighted by Gasteiger charge is -2.36. The molecule has 2 fully saturated rings. The van der Waals surface area contributed by atoms with Crippen molar-refractivity contribution in [3.63, 3.8) is 0 Å². The number of amidine groups is 1. The van der Waals surface area contributed by atoms with E-state index >= 15 is 0 Å². The third kappa shape index (κ3) is 5.20. The van der Waals surface area contributed by atoms with Crippen molar-refractivity contribution in [1.29, 1.82) is 0 Å². The summed E-state index contributed by atoms with van der Waals surface area (Å²) < 4.78 is 0. The molecule has 5 heteroatoms. The average molecular weight is 311 g/mol. The van der Waals surface area contributed by atoms with Crippen molar-refractivity contribution in [2.75, 3.05) is 12.3 Å². The molecule has 1 aliphatic carbocycles. The standard InChI is InChI=1S/C16H29N3OS/c1-12-6-5-8-16(10-12)11-21-14(19-16)17-9-7-13(20)18-15(2,3)4/h12H,5-11H2,1-4H3,(H,17,19)(H,18,20). The smallest absolute Gasteiger partial charge is 0.222 e. The fourth-order valence-electron chi connectivity index (χ4n) is 3.24. The Morgan fingerprint density at radius 3 is 2.95 bits per heavy atom. The molecule has 0 aromatic heterocycles. The minimum Gasteiger partial charge on any atom is -0.359 e. The first-order valence-electron chi connectivity index (χ1n) is 8.04. The van der Waals surface area contributed by atoms with Gasteiger partial charge < -0.3 is 10.6 Å². The van der Waals surface area contributed by atoms with E-state index in [1.54, 1.807) is 0 Å². The van der Waals surface area contributed by atoms with Gasteiger partial charge in [0, 0.05) is 23.3 Å². The van der Waals surface area contributed by atoms with Crippen LogP contribution in [0.1, 0.15) is 59.8 Å². The monoisotopic (exact) mass is 311 g/mol. The lowest BCUT2D eigenvalue weighted by Crippen LogP contribution is -2.47. The van der Waals surface area contributed by atoms with Gasteiger partial charge in [0.15, 0.2) is 5.17 Å². The fraction of sp³-hybridized carbons (Fsp3) is 0.875. The number of amides is 1. The number of carbonyl (C=O) groups is 1. The highest BCUT2D eigenvalue weighted by atomic mass is 32.2. The highest BCUT2D eigenvalue weighted by molar-refractivity contribution is 8.14. The van der Waals surface area contributed by atoms with Gasteiger partial charge in [-0.1, -0.05) is 31.5 Å². The van der Waals surface area contributed by atoms with Crippen molar-refractivity contribution in [1.82, 2.24) is 10.6 Å². The fourth-order valence-corrected chi connectivity index (χ4v) is 4.45. The Morgan fingerprint density at radius 2 is 2.29 bits per heavy atom. The molecule has 1 amide bonds. The van der Waals surface area contributed by atoms with Crippen molar-refractivity contribution in [3.8, 4) is 0 Å². The Labute approximate surface area is 132 Å². The van der Waals surface area contributed by atoms with Crippen molar-refractivity contribution in [2.45, 2.75) is 70.9 Å². The summed E-state index contributed by atoms with van der Waals surface area (Å²) in [6.07, 6.45) is 5.65. The topological polar surface area (TPSA) is 53.5 Å². The first-order chi connectivity index (χ1) is 9.78. The number of thioether (sulfide) groups is 1. The molecule has 2 rings (SSSR count). The van der Waals surface area contributed by atoms with Crippen LogP contribution >= 0.6 is 11.8 Å². The second-order valence-electron chi connectivity index (χ2n) is 7.63. The lowest BCUT2D eigenvalue weighted by atomic mass is 9.78. The van der Waals surface area contributed by atoms with Crippen LogP contribution in [0, 0.1) is 5.92 Å². The first kappa shape index (κ1) is 16.7. The van der Waals surface area contributed by atoms with Gasteiger partial charge in [0.1, 0.15) is 0 Å².